The van der Waals surface area contributed by atoms with Crippen LogP contribution >= 0.6 is 11.3 Å². The third-order valence-electron chi connectivity index (χ3n) is 3.39. The highest BCUT2D eigenvalue weighted by molar-refractivity contribution is 7.13. The summed E-state index contributed by atoms with van der Waals surface area (Å²) in [6, 6.07) is 3.04. The first-order valence-corrected chi connectivity index (χ1v) is 7.49. The van der Waals surface area contributed by atoms with Crippen LogP contribution in [0.4, 0.5) is 5.95 Å². The first-order chi connectivity index (χ1) is 9.13. The van der Waals surface area contributed by atoms with Crippen molar-refractivity contribution in [3.63, 3.8) is 0 Å². The van der Waals surface area contributed by atoms with Gasteiger partial charge in [0.05, 0.1) is 4.88 Å². The Morgan fingerprint density at radius 1 is 1.32 bits per heavy atom. The lowest BCUT2D eigenvalue weighted by molar-refractivity contribution is 0.403. The topological polar surface area (TPSA) is 56.8 Å². The molecular weight excluding hydrogens is 258 g/mol. The van der Waals surface area contributed by atoms with Gasteiger partial charge in [-0.25, -0.2) is 0 Å². The summed E-state index contributed by atoms with van der Waals surface area (Å²) < 4.78 is 0. The molecule has 2 unspecified atom stereocenters. The lowest BCUT2D eigenvalue weighted by Gasteiger charge is -2.35. The normalized spacial score (nSPS) is 23.8. The van der Waals surface area contributed by atoms with Crippen LogP contribution < -0.4 is 10.2 Å². The van der Waals surface area contributed by atoms with E-state index in [-0.39, 0.29) is 0 Å². The minimum absolute atomic E-state index is 0.467. The van der Waals surface area contributed by atoms with Gasteiger partial charge in [0.25, 0.3) is 0 Å². The SMILES string of the molecule is Cc1ccsc1-c1nc(N2CC(C)NC(C)C2)n[nH]1. The van der Waals surface area contributed by atoms with Gasteiger partial charge in [0.1, 0.15) is 0 Å². The number of nitrogens with zero attached hydrogens (tertiary/aromatic N) is 3. The van der Waals surface area contributed by atoms with E-state index in [1.807, 2.05) is 0 Å². The fraction of sp³-hybridized carbons (Fsp3) is 0.538. The summed E-state index contributed by atoms with van der Waals surface area (Å²) in [5.41, 5.74) is 1.25. The number of nitrogens with one attached hydrogen (secondary N) is 2. The van der Waals surface area contributed by atoms with E-state index in [0.29, 0.717) is 12.1 Å². The van der Waals surface area contributed by atoms with Crippen molar-refractivity contribution >= 4 is 17.3 Å². The lowest BCUT2D eigenvalue weighted by atomic mass is 10.1. The summed E-state index contributed by atoms with van der Waals surface area (Å²) >= 11 is 1.70. The number of thiophene rings is 1. The fourth-order valence-corrected chi connectivity index (χ4v) is 3.47. The average molecular weight is 277 g/mol. The highest BCUT2D eigenvalue weighted by Crippen LogP contribution is 2.27. The smallest absolute Gasteiger partial charge is 0.245 e. The monoisotopic (exact) mass is 277 g/mol. The molecule has 5 nitrogen and oxygen atoms in total. The highest BCUT2D eigenvalue weighted by atomic mass is 32.1. The molecule has 3 rings (SSSR count). The first-order valence-electron chi connectivity index (χ1n) is 6.61. The maximum Gasteiger partial charge on any atom is 0.245 e. The minimum atomic E-state index is 0.467. The van der Waals surface area contributed by atoms with Gasteiger partial charge < -0.3 is 10.2 Å². The van der Waals surface area contributed by atoms with Gasteiger partial charge in [0, 0.05) is 25.2 Å². The summed E-state index contributed by atoms with van der Waals surface area (Å²) in [6.45, 7) is 8.39. The number of hydrogen-bond acceptors (Lipinski definition) is 5. The molecule has 0 saturated carbocycles. The molecule has 19 heavy (non-hydrogen) atoms. The van der Waals surface area contributed by atoms with E-state index in [2.05, 4.69) is 57.6 Å². The van der Waals surface area contributed by atoms with E-state index in [1.165, 1.54) is 10.4 Å². The predicted octanol–water partition coefficient (Wildman–Crippen LogP) is 2.03. The third kappa shape index (κ3) is 2.50. The van der Waals surface area contributed by atoms with Crippen molar-refractivity contribution in [3.05, 3.63) is 17.0 Å². The van der Waals surface area contributed by atoms with Crippen molar-refractivity contribution in [1.29, 1.82) is 0 Å². The number of rotatable bonds is 2. The van der Waals surface area contributed by atoms with Crippen LogP contribution in [0.15, 0.2) is 11.4 Å². The maximum atomic E-state index is 4.65. The summed E-state index contributed by atoms with van der Waals surface area (Å²) in [5.74, 6) is 1.68. The average Bonchev–Trinajstić information content (AvgIpc) is 2.95. The number of aryl methyl sites for hydroxylation is 1. The summed E-state index contributed by atoms with van der Waals surface area (Å²) in [7, 11) is 0. The second-order valence-electron chi connectivity index (χ2n) is 5.29. The molecule has 1 aliphatic rings. The zero-order valence-electron chi connectivity index (χ0n) is 11.5. The van der Waals surface area contributed by atoms with Crippen molar-refractivity contribution in [3.8, 4) is 10.7 Å². The number of H-pyrrole nitrogens is 1. The van der Waals surface area contributed by atoms with E-state index in [0.717, 1.165) is 24.9 Å². The Labute approximate surface area is 117 Å². The predicted molar refractivity (Wildman–Crippen MR) is 78.7 cm³/mol. The van der Waals surface area contributed by atoms with Crippen molar-refractivity contribution in [2.24, 2.45) is 0 Å². The summed E-state index contributed by atoms with van der Waals surface area (Å²) in [4.78, 5) is 8.07. The van der Waals surface area contributed by atoms with Gasteiger partial charge in [-0.15, -0.1) is 16.4 Å². The molecule has 2 atom stereocenters. The Balaban J connectivity index is 1.83. The molecule has 0 spiro atoms. The van der Waals surface area contributed by atoms with Crippen LogP contribution in [0.25, 0.3) is 10.7 Å². The first kappa shape index (κ1) is 12.6. The van der Waals surface area contributed by atoms with Crippen molar-refractivity contribution in [1.82, 2.24) is 20.5 Å². The zero-order valence-corrected chi connectivity index (χ0v) is 12.3. The van der Waals surface area contributed by atoms with Gasteiger partial charge in [0.15, 0.2) is 5.82 Å². The molecule has 2 N–H and O–H groups in total. The zero-order chi connectivity index (χ0) is 13.4. The lowest BCUT2D eigenvalue weighted by Crippen LogP contribution is -2.54. The molecule has 3 heterocycles. The van der Waals surface area contributed by atoms with Crippen LogP contribution in [0.3, 0.4) is 0 Å². The molecule has 1 fully saturated rings. The van der Waals surface area contributed by atoms with E-state index >= 15 is 0 Å². The second kappa shape index (κ2) is 4.94. The van der Waals surface area contributed by atoms with E-state index in [1.54, 1.807) is 11.3 Å². The van der Waals surface area contributed by atoms with Gasteiger partial charge in [-0.2, -0.15) is 4.98 Å². The van der Waals surface area contributed by atoms with Crippen LogP contribution in [0, 0.1) is 6.92 Å². The molecule has 1 aliphatic heterocycles. The van der Waals surface area contributed by atoms with Gasteiger partial charge in [0.2, 0.25) is 5.95 Å². The Bertz CT molecular complexity index is 551. The van der Waals surface area contributed by atoms with Crippen LogP contribution in [0.1, 0.15) is 19.4 Å². The van der Waals surface area contributed by atoms with Crippen LogP contribution in [-0.2, 0) is 0 Å². The molecular formula is C13H19N5S. The molecule has 0 aromatic carbocycles. The molecule has 0 aliphatic carbocycles. The van der Waals surface area contributed by atoms with Crippen molar-refractivity contribution < 1.29 is 0 Å². The minimum Gasteiger partial charge on any atom is -0.336 e. The van der Waals surface area contributed by atoms with Gasteiger partial charge in [-0.3, -0.25) is 5.10 Å². The molecule has 0 amide bonds. The molecule has 0 bridgehead atoms. The van der Waals surface area contributed by atoms with Crippen LogP contribution in [0.5, 0.6) is 0 Å². The molecule has 6 heteroatoms. The number of piperazine rings is 1. The Morgan fingerprint density at radius 2 is 2.05 bits per heavy atom. The molecule has 2 aromatic rings. The van der Waals surface area contributed by atoms with E-state index in [4.69, 9.17) is 0 Å². The number of hydrogen-bond donors (Lipinski definition) is 2. The number of aromatic amines is 1. The maximum absolute atomic E-state index is 4.65. The molecule has 1 saturated heterocycles. The summed E-state index contributed by atoms with van der Waals surface area (Å²) in [6.07, 6.45) is 0. The molecule has 2 aromatic heterocycles. The number of aromatic nitrogens is 3. The quantitative estimate of drug-likeness (QED) is 0.882. The molecule has 0 radical (unpaired) electrons. The Morgan fingerprint density at radius 3 is 2.68 bits per heavy atom. The number of anilines is 1. The Kier molecular flexibility index (Phi) is 3.28. The largest absolute Gasteiger partial charge is 0.336 e. The van der Waals surface area contributed by atoms with E-state index in [9.17, 15) is 0 Å². The fourth-order valence-electron chi connectivity index (χ4n) is 2.60. The van der Waals surface area contributed by atoms with Gasteiger partial charge in [-0.05, 0) is 37.8 Å². The Hall–Kier alpha value is -1.40. The second-order valence-corrected chi connectivity index (χ2v) is 6.21. The van der Waals surface area contributed by atoms with Gasteiger partial charge >= 0.3 is 0 Å². The standard InChI is InChI=1S/C13H19N5S/c1-8-4-5-19-11(8)12-15-13(17-16-12)18-6-9(2)14-10(3)7-18/h4-5,9-10,14H,6-7H2,1-3H3,(H,15,16,17). The third-order valence-corrected chi connectivity index (χ3v) is 4.41. The van der Waals surface area contributed by atoms with Crippen LogP contribution in [-0.4, -0.2) is 40.4 Å². The van der Waals surface area contributed by atoms with Crippen molar-refractivity contribution in [2.45, 2.75) is 32.9 Å². The van der Waals surface area contributed by atoms with Crippen LogP contribution in [0.2, 0.25) is 0 Å². The summed E-state index contributed by atoms with van der Waals surface area (Å²) in [5, 5.41) is 13.0. The van der Waals surface area contributed by atoms with Gasteiger partial charge in [-0.1, -0.05) is 0 Å². The highest BCUT2D eigenvalue weighted by Gasteiger charge is 2.24. The molecule has 102 valence electrons. The van der Waals surface area contributed by atoms with Crippen molar-refractivity contribution in [2.75, 3.05) is 18.0 Å². The van der Waals surface area contributed by atoms with E-state index < -0.39 is 0 Å².